The molecule has 0 saturated heterocycles. The molecule has 2 heterocycles. The van der Waals surface area contributed by atoms with Crippen LogP contribution in [0.2, 0.25) is 0 Å². The van der Waals surface area contributed by atoms with Crippen LogP contribution in [0, 0.1) is 0 Å². The van der Waals surface area contributed by atoms with Gasteiger partial charge in [-0.05, 0) is 42.7 Å². The number of rotatable bonds is 5. The van der Waals surface area contributed by atoms with Crippen LogP contribution in [-0.4, -0.2) is 32.1 Å². The van der Waals surface area contributed by atoms with E-state index in [1.807, 2.05) is 36.4 Å². The lowest BCUT2D eigenvalue weighted by Gasteiger charge is -2.29. The van der Waals surface area contributed by atoms with E-state index >= 15 is 0 Å². The first-order chi connectivity index (χ1) is 14.2. The molecular weight excluding hydrogens is 370 g/mol. The molecule has 29 heavy (non-hydrogen) atoms. The molecule has 1 aromatic heterocycles. The van der Waals surface area contributed by atoms with Gasteiger partial charge in [-0.25, -0.2) is 4.79 Å². The maximum atomic E-state index is 12.5. The van der Waals surface area contributed by atoms with Gasteiger partial charge < -0.3 is 18.8 Å². The lowest BCUT2D eigenvalue weighted by atomic mass is 10.0. The summed E-state index contributed by atoms with van der Waals surface area (Å²) in [4.78, 5) is 26.2. The van der Waals surface area contributed by atoms with Gasteiger partial charge in [0.1, 0.15) is 5.76 Å². The number of amides is 1. The van der Waals surface area contributed by atoms with Gasteiger partial charge in [-0.15, -0.1) is 0 Å². The molecule has 2 aromatic carbocycles. The zero-order chi connectivity index (χ0) is 20.2. The van der Waals surface area contributed by atoms with Crippen LogP contribution >= 0.6 is 0 Å². The Morgan fingerprint density at radius 2 is 2.03 bits per heavy atom. The zero-order valence-corrected chi connectivity index (χ0v) is 16.1. The van der Waals surface area contributed by atoms with E-state index in [2.05, 4.69) is 0 Å². The molecule has 3 aromatic rings. The van der Waals surface area contributed by atoms with Crippen LogP contribution in [0.1, 0.15) is 17.7 Å². The number of benzene rings is 2. The van der Waals surface area contributed by atoms with Gasteiger partial charge in [0.15, 0.2) is 17.9 Å². The van der Waals surface area contributed by atoms with Gasteiger partial charge in [-0.1, -0.05) is 30.3 Å². The number of hydrogen-bond donors (Lipinski definition) is 0. The van der Waals surface area contributed by atoms with Crippen molar-refractivity contribution in [2.24, 2.45) is 0 Å². The molecule has 6 nitrogen and oxygen atoms in total. The molecule has 0 radical (unpaired) electrons. The summed E-state index contributed by atoms with van der Waals surface area (Å²) >= 11 is 0. The Morgan fingerprint density at radius 3 is 2.90 bits per heavy atom. The summed E-state index contributed by atoms with van der Waals surface area (Å²) in [6.45, 7) is 0.329. The average Bonchev–Trinajstić information content (AvgIpc) is 3.19. The molecular formula is C23H21NO5. The molecule has 0 N–H and O–H groups in total. The summed E-state index contributed by atoms with van der Waals surface area (Å²) in [7, 11) is 1.57. The molecule has 0 saturated carbocycles. The van der Waals surface area contributed by atoms with Gasteiger partial charge >= 0.3 is 5.97 Å². The van der Waals surface area contributed by atoms with Gasteiger partial charge in [0.05, 0.1) is 7.11 Å². The highest BCUT2D eigenvalue weighted by Gasteiger charge is 2.22. The number of furan rings is 1. The summed E-state index contributed by atoms with van der Waals surface area (Å²) in [5.41, 5.74) is 2.65. The molecule has 0 bridgehead atoms. The molecule has 4 rings (SSSR count). The quantitative estimate of drug-likeness (QED) is 0.486. The van der Waals surface area contributed by atoms with Crippen LogP contribution in [0.15, 0.2) is 59.0 Å². The van der Waals surface area contributed by atoms with Gasteiger partial charge in [-0.2, -0.15) is 0 Å². The number of hydrogen-bond acceptors (Lipinski definition) is 5. The predicted octanol–water partition coefficient (Wildman–Crippen LogP) is 3.98. The van der Waals surface area contributed by atoms with Gasteiger partial charge in [0.2, 0.25) is 0 Å². The Morgan fingerprint density at radius 1 is 1.17 bits per heavy atom. The van der Waals surface area contributed by atoms with Crippen LogP contribution in [0.3, 0.4) is 0 Å². The normalized spacial score (nSPS) is 13.5. The van der Waals surface area contributed by atoms with E-state index in [0.29, 0.717) is 23.6 Å². The monoisotopic (exact) mass is 391 g/mol. The van der Waals surface area contributed by atoms with Crippen molar-refractivity contribution in [1.82, 2.24) is 0 Å². The van der Waals surface area contributed by atoms with Crippen LogP contribution < -0.4 is 9.64 Å². The smallest absolute Gasteiger partial charge is 0.331 e. The van der Waals surface area contributed by atoms with Crippen LogP contribution in [0.25, 0.3) is 17.0 Å². The van der Waals surface area contributed by atoms with Crippen molar-refractivity contribution in [1.29, 1.82) is 0 Å². The first-order valence-electron chi connectivity index (χ1n) is 9.45. The maximum Gasteiger partial charge on any atom is 0.331 e. The first-order valence-corrected chi connectivity index (χ1v) is 9.45. The predicted molar refractivity (Wildman–Crippen MR) is 110 cm³/mol. The van der Waals surface area contributed by atoms with Crippen LogP contribution in [-0.2, 0) is 20.7 Å². The minimum Gasteiger partial charge on any atom is -0.493 e. The van der Waals surface area contributed by atoms with E-state index < -0.39 is 5.97 Å². The third kappa shape index (κ3) is 4.01. The summed E-state index contributed by atoms with van der Waals surface area (Å²) in [5.74, 6) is 0.290. The van der Waals surface area contributed by atoms with E-state index in [1.54, 1.807) is 24.1 Å². The number of carbonyl (C=O) groups is 2. The zero-order valence-electron chi connectivity index (χ0n) is 16.1. The largest absolute Gasteiger partial charge is 0.493 e. The number of ether oxygens (including phenoxy) is 2. The minimum atomic E-state index is -0.601. The van der Waals surface area contributed by atoms with Crippen molar-refractivity contribution < 1.29 is 23.5 Å². The molecule has 0 spiro atoms. The third-order valence-corrected chi connectivity index (χ3v) is 4.88. The van der Waals surface area contributed by atoms with E-state index in [4.69, 9.17) is 13.9 Å². The molecule has 0 aliphatic carbocycles. The Balaban J connectivity index is 1.37. The number of anilines is 1. The molecule has 148 valence electrons. The standard InChI is InChI=1S/C23H21NO5/c1-27-20-10-4-7-17-14-18(29-23(17)20)11-12-22(26)28-15-21(25)24-13-5-8-16-6-2-3-9-19(16)24/h2-4,6-7,9-12,14H,5,8,13,15H2,1H3/b12-11+. The van der Waals surface area contributed by atoms with E-state index in [1.165, 1.54) is 12.2 Å². The van der Waals surface area contributed by atoms with Gasteiger partial charge in [-0.3, -0.25) is 4.79 Å². The molecule has 0 fully saturated rings. The third-order valence-electron chi connectivity index (χ3n) is 4.88. The number of carbonyl (C=O) groups excluding carboxylic acids is 2. The fourth-order valence-electron chi connectivity index (χ4n) is 3.50. The van der Waals surface area contributed by atoms with Crippen molar-refractivity contribution in [2.45, 2.75) is 12.8 Å². The Hall–Kier alpha value is -3.54. The minimum absolute atomic E-state index is 0.229. The van der Waals surface area contributed by atoms with Crippen molar-refractivity contribution in [3.63, 3.8) is 0 Å². The van der Waals surface area contributed by atoms with Crippen molar-refractivity contribution >= 4 is 34.6 Å². The molecule has 0 atom stereocenters. The number of methoxy groups -OCH3 is 1. The Labute approximate surface area is 168 Å². The van der Waals surface area contributed by atoms with Crippen LogP contribution in [0.5, 0.6) is 5.75 Å². The number of fused-ring (bicyclic) bond motifs is 2. The fourth-order valence-corrected chi connectivity index (χ4v) is 3.50. The number of esters is 1. The molecule has 6 heteroatoms. The lowest BCUT2D eigenvalue weighted by molar-refractivity contribution is -0.142. The Bertz CT molecular complexity index is 1080. The number of aryl methyl sites for hydroxylation is 1. The summed E-state index contributed by atoms with van der Waals surface area (Å²) < 4.78 is 16.1. The van der Waals surface area contributed by atoms with Gasteiger partial charge in [0.25, 0.3) is 5.91 Å². The van der Waals surface area contributed by atoms with Gasteiger partial charge in [0, 0.05) is 23.7 Å². The van der Waals surface area contributed by atoms with Crippen molar-refractivity contribution in [3.05, 3.63) is 65.9 Å². The highest BCUT2D eigenvalue weighted by Crippen LogP contribution is 2.29. The highest BCUT2D eigenvalue weighted by molar-refractivity contribution is 5.97. The topological polar surface area (TPSA) is 69.0 Å². The fraction of sp³-hybridized carbons (Fsp3) is 0.217. The Kier molecular flexibility index (Phi) is 5.33. The second-order valence-electron chi connectivity index (χ2n) is 6.75. The van der Waals surface area contributed by atoms with E-state index in [0.717, 1.165) is 29.5 Å². The highest BCUT2D eigenvalue weighted by atomic mass is 16.5. The molecule has 0 unspecified atom stereocenters. The molecule has 1 amide bonds. The molecule has 1 aliphatic rings. The van der Waals surface area contributed by atoms with Crippen molar-refractivity contribution in [2.75, 3.05) is 25.2 Å². The SMILES string of the molecule is COc1cccc2cc(/C=C/C(=O)OCC(=O)N3CCCc4ccccc43)oc12. The first kappa shape index (κ1) is 18.8. The number of nitrogens with zero attached hydrogens (tertiary/aromatic N) is 1. The van der Waals surface area contributed by atoms with Crippen molar-refractivity contribution in [3.8, 4) is 5.75 Å². The van der Waals surface area contributed by atoms with E-state index in [9.17, 15) is 9.59 Å². The summed E-state index contributed by atoms with van der Waals surface area (Å²) in [6, 6.07) is 15.2. The maximum absolute atomic E-state index is 12.5. The van der Waals surface area contributed by atoms with E-state index in [-0.39, 0.29) is 12.5 Å². The average molecular weight is 391 g/mol. The second-order valence-corrected chi connectivity index (χ2v) is 6.75. The summed E-state index contributed by atoms with van der Waals surface area (Å²) in [5, 5.41) is 0.872. The van der Waals surface area contributed by atoms with Crippen LogP contribution in [0.4, 0.5) is 5.69 Å². The lowest BCUT2D eigenvalue weighted by Crippen LogP contribution is -2.38. The molecule has 1 aliphatic heterocycles. The number of para-hydroxylation sites is 2. The summed E-state index contributed by atoms with van der Waals surface area (Å²) in [6.07, 6.45) is 4.61. The second kappa shape index (κ2) is 8.22.